The Labute approximate surface area is 327 Å². The lowest BCUT2D eigenvalue weighted by Crippen LogP contribution is -2.28. The normalized spacial score (nSPS) is 12.9. The molecule has 0 fully saturated rings. The van der Waals surface area contributed by atoms with Gasteiger partial charge in [-0.2, -0.15) is 0 Å². The summed E-state index contributed by atoms with van der Waals surface area (Å²) in [5.41, 5.74) is 0. The highest BCUT2D eigenvalue weighted by molar-refractivity contribution is 5.70. The third kappa shape index (κ3) is 42.0. The summed E-state index contributed by atoms with van der Waals surface area (Å²) in [6, 6.07) is 0. The lowest BCUT2D eigenvalue weighted by atomic mass is 10.0. The van der Waals surface area contributed by atoms with E-state index in [1.165, 1.54) is 89.9 Å². The van der Waals surface area contributed by atoms with Crippen molar-refractivity contribution in [2.24, 2.45) is 0 Å². The second-order valence-electron chi connectivity index (χ2n) is 14.4. The molecule has 5 heteroatoms. The van der Waals surface area contributed by atoms with E-state index in [-0.39, 0.29) is 25.2 Å². The topological polar surface area (TPSA) is 72.8 Å². The first-order valence-electron chi connectivity index (χ1n) is 22.0. The van der Waals surface area contributed by atoms with Crippen LogP contribution in [0.25, 0.3) is 0 Å². The lowest BCUT2D eigenvalue weighted by molar-refractivity contribution is -0.161. The molecule has 53 heavy (non-hydrogen) atoms. The van der Waals surface area contributed by atoms with Crippen molar-refractivity contribution in [2.45, 2.75) is 206 Å². The summed E-state index contributed by atoms with van der Waals surface area (Å²) < 4.78 is 10.6. The summed E-state index contributed by atoms with van der Waals surface area (Å²) >= 11 is 0. The van der Waals surface area contributed by atoms with Crippen LogP contribution >= 0.6 is 0 Å². The molecular weight excluding hydrogens is 657 g/mol. The number of allylic oxidation sites excluding steroid dienone is 12. The minimum absolute atomic E-state index is 0.0700. The molecule has 0 saturated heterocycles. The molecule has 5 nitrogen and oxygen atoms in total. The first kappa shape index (κ1) is 50.3. The van der Waals surface area contributed by atoms with Gasteiger partial charge in [-0.05, 0) is 64.2 Å². The Morgan fingerprint density at radius 3 is 1.23 bits per heavy atom. The third-order valence-electron chi connectivity index (χ3n) is 9.26. The zero-order valence-electron chi connectivity index (χ0n) is 34.5. The van der Waals surface area contributed by atoms with Crippen LogP contribution in [0.4, 0.5) is 0 Å². The van der Waals surface area contributed by atoms with Gasteiger partial charge >= 0.3 is 11.9 Å². The maximum Gasteiger partial charge on any atom is 0.306 e. The van der Waals surface area contributed by atoms with Gasteiger partial charge in [-0.25, -0.2) is 0 Å². The Bertz CT molecular complexity index is 972. The van der Waals surface area contributed by atoms with E-state index in [9.17, 15) is 14.7 Å². The SMILES string of the molecule is CC/C=C\C/C=C\C/C=C\C/C=C\C/C=C\C/C=C\CCCCCCCCCCC(=O)OC(CO)COC(=O)CCCCCCCCCCCCCC. The fourth-order valence-electron chi connectivity index (χ4n) is 5.97. The Kier molecular flexibility index (Phi) is 41.5. The first-order valence-corrected chi connectivity index (χ1v) is 22.0. The second kappa shape index (κ2) is 43.7. The van der Waals surface area contributed by atoms with Crippen LogP contribution in [0.15, 0.2) is 72.9 Å². The summed E-state index contributed by atoms with van der Waals surface area (Å²) in [5, 5.41) is 9.57. The van der Waals surface area contributed by atoms with Gasteiger partial charge in [0.05, 0.1) is 6.61 Å². The van der Waals surface area contributed by atoms with Crippen LogP contribution < -0.4 is 0 Å². The van der Waals surface area contributed by atoms with E-state index < -0.39 is 6.10 Å². The van der Waals surface area contributed by atoms with Gasteiger partial charge in [0, 0.05) is 12.8 Å². The van der Waals surface area contributed by atoms with E-state index in [1.807, 2.05) is 0 Å². The minimum Gasteiger partial charge on any atom is -0.462 e. The number of hydrogen-bond donors (Lipinski definition) is 1. The molecule has 0 aromatic rings. The summed E-state index contributed by atoms with van der Waals surface area (Å²) in [5.74, 6) is -0.601. The molecule has 0 amide bonds. The number of ether oxygens (including phenoxy) is 2. The maximum atomic E-state index is 12.2. The fourth-order valence-corrected chi connectivity index (χ4v) is 5.97. The van der Waals surface area contributed by atoms with Crippen molar-refractivity contribution in [2.75, 3.05) is 13.2 Å². The predicted molar refractivity (Wildman–Crippen MR) is 228 cm³/mol. The maximum absolute atomic E-state index is 12.2. The third-order valence-corrected chi connectivity index (χ3v) is 9.26. The van der Waals surface area contributed by atoms with Gasteiger partial charge < -0.3 is 14.6 Å². The van der Waals surface area contributed by atoms with Gasteiger partial charge in [-0.3, -0.25) is 9.59 Å². The zero-order valence-corrected chi connectivity index (χ0v) is 34.5. The molecule has 0 bridgehead atoms. The summed E-state index contributed by atoms with van der Waals surface area (Å²) in [7, 11) is 0. The van der Waals surface area contributed by atoms with E-state index in [2.05, 4.69) is 86.8 Å². The van der Waals surface area contributed by atoms with Crippen molar-refractivity contribution in [1.82, 2.24) is 0 Å². The highest BCUT2D eigenvalue weighted by Gasteiger charge is 2.16. The van der Waals surface area contributed by atoms with E-state index in [0.717, 1.165) is 83.5 Å². The van der Waals surface area contributed by atoms with Gasteiger partial charge in [-0.1, -0.05) is 196 Å². The van der Waals surface area contributed by atoms with Gasteiger partial charge in [0.25, 0.3) is 0 Å². The number of carbonyl (C=O) groups excluding carboxylic acids is 2. The van der Waals surface area contributed by atoms with Crippen LogP contribution in [0.3, 0.4) is 0 Å². The molecule has 0 aliphatic rings. The standard InChI is InChI=1S/C48H82O5/c1-3-5-7-9-11-13-15-17-18-19-20-21-22-23-24-25-26-27-28-29-30-31-33-35-37-39-41-43-48(51)53-46(44-49)45-52-47(50)42-40-38-36-34-32-16-14-12-10-8-6-4-2/h5,7,11,13,17-18,20-21,23-24,26-27,46,49H,3-4,6,8-10,12,14-16,19,22,25,28-45H2,1-2H3/b7-5-,13-11-,18-17-,21-20-,24-23-,27-26-. The average Bonchev–Trinajstić information content (AvgIpc) is 3.16. The smallest absolute Gasteiger partial charge is 0.306 e. The predicted octanol–water partition coefficient (Wildman–Crippen LogP) is 14.1. The average molecular weight is 739 g/mol. The molecular formula is C48H82O5. The molecule has 1 N–H and O–H groups in total. The van der Waals surface area contributed by atoms with E-state index in [4.69, 9.17) is 9.47 Å². The second-order valence-corrected chi connectivity index (χ2v) is 14.4. The Morgan fingerprint density at radius 1 is 0.453 bits per heavy atom. The van der Waals surface area contributed by atoms with Crippen molar-refractivity contribution in [3.63, 3.8) is 0 Å². The number of aliphatic hydroxyl groups excluding tert-OH is 1. The number of rotatable bonds is 39. The quantitative estimate of drug-likeness (QED) is 0.0386. The van der Waals surface area contributed by atoms with Crippen LogP contribution in [0.5, 0.6) is 0 Å². The fraction of sp³-hybridized carbons (Fsp3) is 0.708. The minimum atomic E-state index is -0.777. The molecule has 0 aliphatic heterocycles. The van der Waals surface area contributed by atoms with Crippen molar-refractivity contribution in [1.29, 1.82) is 0 Å². The van der Waals surface area contributed by atoms with Crippen molar-refractivity contribution in [3.8, 4) is 0 Å². The van der Waals surface area contributed by atoms with Crippen molar-refractivity contribution >= 4 is 11.9 Å². The van der Waals surface area contributed by atoms with E-state index >= 15 is 0 Å². The van der Waals surface area contributed by atoms with E-state index in [0.29, 0.717) is 12.8 Å². The summed E-state index contributed by atoms with van der Waals surface area (Å²) in [4.78, 5) is 24.3. The highest BCUT2D eigenvalue weighted by Crippen LogP contribution is 2.14. The molecule has 0 saturated carbocycles. The molecule has 0 aromatic heterocycles. The van der Waals surface area contributed by atoms with Crippen LogP contribution in [0, 0.1) is 0 Å². The van der Waals surface area contributed by atoms with Crippen LogP contribution in [0.1, 0.15) is 200 Å². The van der Waals surface area contributed by atoms with Crippen LogP contribution in [-0.2, 0) is 19.1 Å². The molecule has 1 atom stereocenters. The monoisotopic (exact) mass is 739 g/mol. The van der Waals surface area contributed by atoms with Gasteiger partial charge in [0.15, 0.2) is 6.10 Å². The number of esters is 2. The van der Waals surface area contributed by atoms with Gasteiger partial charge in [-0.15, -0.1) is 0 Å². The molecule has 0 rings (SSSR count). The molecule has 0 heterocycles. The molecule has 0 aliphatic carbocycles. The van der Waals surface area contributed by atoms with Crippen LogP contribution in [-0.4, -0.2) is 36.4 Å². The molecule has 0 aromatic carbocycles. The lowest BCUT2D eigenvalue weighted by Gasteiger charge is -2.15. The number of aliphatic hydroxyl groups is 1. The largest absolute Gasteiger partial charge is 0.462 e. The Hall–Kier alpha value is -2.66. The Morgan fingerprint density at radius 2 is 0.811 bits per heavy atom. The molecule has 304 valence electrons. The zero-order chi connectivity index (χ0) is 38.6. The van der Waals surface area contributed by atoms with Crippen molar-refractivity contribution < 1.29 is 24.2 Å². The molecule has 1 unspecified atom stereocenters. The van der Waals surface area contributed by atoms with E-state index in [1.54, 1.807) is 0 Å². The number of unbranched alkanes of at least 4 members (excludes halogenated alkanes) is 19. The number of carbonyl (C=O) groups is 2. The Balaban J connectivity index is 3.58. The van der Waals surface area contributed by atoms with Crippen LogP contribution in [0.2, 0.25) is 0 Å². The summed E-state index contributed by atoms with van der Waals surface area (Å²) in [6.07, 6.45) is 58.3. The van der Waals surface area contributed by atoms with Crippen molar-refractivity contribution in [3.05, 3.63) is 72.9 Å². The number of hydrogen-bond acceptors (Lipinski definition) is 5. The first-order chi connectivity index (χ1) is 26.1. The highest BCUT2D eigenvalue weighted by atomic mass is 16.6. The van der Waals surface area contributed by atoms with Gasteiger partial charge in [0.2, 0.25) is 0 Å². The summed E-state index contributed by atoms with van der Waals surface area (Å²) in [6.45, 7) is 4.01. The van der Waals surface area contributed by atoms with Gasteiger partial charge in [0.1, 0.15) is 6.61 Å². The molecule has 0 radical (unpaired) electrons. The molecule has 0 spiro atoms.